The molecule has 20 heavy (non-hydrogen) atoms. The van der Waals surface area contributed by atoms with Gasteiger partial charge in [0.1, 0.15) is 5.69 Å². The van der Waals surface area contributed by atoms with Crippen molar-refractivity contribution < 1.29 is 9.53 Å². The standard InChI is InChI=1S/C15H23N3O2/c1-20-8-7-17-6-2-3-14(17)15(19)18-12-4-5-13(18)10-11(16)9-12/h2-3,6,11-13H,4-5,7-10,16H2,1H3. The van der Waals surface area contributed by atoms with Crippen molar-refractivity contribution in [3.63, 3.8) is 0 Å². The van der Waals surface area contributed by atoms with E-state index in [1.54, 1.807) is 7.11 Å². The van der Waals surface area contributed by atoms with Gasteiger partial charge in [-0.05, 0) is 37.8 Å². The number of aromatic nitrogens is 1. The molecule has 0 aromatic carbocycles. The van der Waals surface area contributed by atoms with Gasteiger partial charge < -0.3 is 19.9 Å². The van der Waals surface area contributed by atoms with E-state index in [1.807, 2.05) is 22.9 Å². The SMILES string of the molecule is COCCn1cccc1C(=O)N1C2CCC1CC(N)C2. The third kappa shape index (κ3) is 2.36. The lowest BCUT2D eigenvalue weighted by Gasteiger charge is -2.37. The van der Waals surface area contributed by atoms with E-state index in [1.165, 1.54) is 0 Å². The number of hydrogen-bond acceptors (Lipinski definition) is 3. The van der Waals surface area contributed by atoms with Crippen LogP contribution in [-0.4, -0.2) is 47.2 Å². The summed E-state index contributed by atoms with van der Waals surface area (Å²) in [4.78, 5) is 14.9. The van der Waals surface area contributed by atoms with Gasteiger partial charge in [0.25, 0.3) is 5.91 Å². The maximum absolute atomic E-state index is 12.8. The van der Waals surface area contributed by atoms with Crippen LogP contribution in [0.25, 0.3) is 0 Å². The van der Waals surface area contributed by atoms with Crippen LogP contribution in [0.4, 0.5) is 0 Å². The van der Waals surface area contributed by atoms with Gasteiger partial charge in [-0.2, -0.15) is 0 Å². The monoisotopic (exact) mass is 277 g/mol. The highest BCUT2D eigenvalue weighted by Crippen LogP contribution is 2.36. The Bertz CT molecular complexity index is 471. The van der Waals surface area contributed by atoms with Gasteiger partial charge in [0, 0.05) is 38.0 Å². The fourth-order valence-corrected chi connectivity index (χ4v) is 3.68. The summed E-state index contributed by atoms with van der Waals surface area (Å²) < 4.78 is 7.09. The molecule has 5 nitrogen and oxygen atoms in total. The molecule has 2 atom stereocenters. The zero-order valence-electron chi connectivity index (χ0n) is 12.0. The van der Waals surface area contributed by atoms with Gasteiger partial charge in [-0.25, -0.2) is 0 Å². The van der Waals surface area contributed by atoms with Crippen LogP contribution in [0.2, 0.25) is 0 Å². The summed E-state index contributed by atoms with van der Waals surface area (Å²) in [6.07, 6.45) is 6.04. The molecular weight excluding hydrogens is 254 g/mol. The fraction of sp³-hybridized carbons (Fsp3) is 0.667. The highest BCUT2D eigenvalue weighted by molar-refractivity contribution is 5.93. The van der Waals surface area contributed by atoms with E-state index in [0.29, 0.717) is 25.2 Å². The molecule has 0 spiro atoms. The van der Waals surface area contributed by atoms with Crippen LogP contribution in [0.15, 0.2) is 18.3 Å². The fourth-order valence-electron chi connectivity index (χ4n) is 3.68. The molecule has 0 radical (unpaired) electrons. The van der Waals surface area contributed by atoms with E-state index in [9.17, 15) is 4.79 Å². The summed E-state index contributed by atoms with van der Waals surface area (Å²) in [5.74, 6) is 0.158. The zero-order valence-corrected chi connectivity index (χ0v) is 12.0. The molecule has 2 fully saturated rings. The Hall–Kier alpha value is -1.33. The molecule has 3 rings (SSSR count). The summed E-state index contributed by atoms with van der Waals surface area (Å²) in [6, 6.07) is 4.77. The Kier molecular flexibility index (Phi) is 3.81. The highest BCUT2D eigenvalue weighted by Gasteiger charge is 2.42. The van der Waals surface area contributed by atoms with Crippen LogP contribution in [-0.2, 0) is 11.3 Å². The van der Waals surface area contributed by atoms with Gasteiger partial charge in [0.05, 0.1) is 6.61 Å². The molecule has 2 N–H and O–H groups in total. The number of nitrogens with zero attached hydrogens (tertiary/aromatic N) is 2. The Morgan fingerprint density at radius 3 is 2.75 bits per heavy atom. The summed E-state index contributed by atoms with van der Waals surface area (Å²) in [7, 11) is 1.68. The molecule has 3 heterocycles. The van der Waals surface area contributed by atoms with Crippen molar-refractivity contribution in [3.8, 4) is 0 Å². The largest absolute Gasteiger partial charge is 0.383 e. The normalized spacial score (nSPS) is 28.9. The average Bonchev–Trinajstić information content (AvgIpc) is 2.99. The van der Waals surface area contributed by atoms with Crippen molar-refractivity contribution >= 4 is 5.91 Å². The maximum atomic E-state index is 12.8. The summed E-state index contributed by atoms with van der Waals surface area (Å²) in [6.45, 7) is 1.33. The number of carbonyl (C=O) groups excluding carboxylic acids is 1. The first-order valence-corrected chi connectivity index (χ1v) is 7.43. The minimum atomic E-state index is 0.158. The molecule has 2 saturated heterocycles. The molecule has 1 amide bonds. The molecular formula is C15H23N3O2. The second-order valence-corrected chi connectivity index (χ2v) is 5.91. The van der Waals surface area contributed by atoms with Crippen molar-refractivity contribution in [2.45, 2.75) is 50.4 Å². The predicted octanol–water partition coefficient (Wildman–Crippen LogP) is 1.23. The maximum Gasteiger partial charge on any atom is 0.270 e. The van der Waals surface area contributed by atoms with E-state index < -0.39 is 0 Å². The number of piperidine rings is 1. The molecule has 2 bridgehead atoms. The minimum absolute atomic E-state index is 0.158. The lowest BCUT2D eigenvalue weighted by molar-refractivity contribution is 0.0562. The van der Waals surface area contributed by atoms with E-state index in [-0.39, 0.29) is 11.9 Å². The smallest absolute Gasteiger partial charge is 0.270 e. The van der Waals surface area contributed by atoms with E-state index in [2.05, 4.69) is 4.90 Å². The quantitative estimate of drug-likeness (QED) is 0.900. The van der Waals surface area contributed by atoms with Gasteiger partial charge in [0.15, 0.2) is 0 Å². The summed E-state index contributed by atoms with van der Waals surface area (Å²) >= 11 is 0. The Labute approximate surface area is 119 Å². The summed E-state index contributed by atoms with van der Waals surface area (Å²) in [5, 5.41) is 0. The second-order valence-electron chi connectivity index (χ2n) is 5.91. The Morgan fingerprint density at radius 1 is 1.40 bits per heavy atom. The van der Waals surface area contributed by atoms with Gasteiger partial charge >= 0.3 is 0 Å². The molecule has 2 unspecified atom stereocenters. The van der Waals surface area contributed by atoms with Gasteiger partial charge in [0.2, 0.25) is 0 Å². The number of nitrogens with two attached hydrogens (primary N) is 1. The summed E-state index contributed by atoms with van der Waals surface area (Å²) in [5.41, 5.74) is 6.85. The highest BCUT2D eigenvalue weighted by atomic mass is 16.5. The minimum Gasteiger partial charge on any atom is -0.383 e. The van der Waals surface area contributed by atoms with E-state index in [4.69, 9.17) is 10.5 Å². The molecule has 1 aromatic heterocycles. The molecule has 2 aliphatic heterocycles. The number of amides is 1. The van der Waals surface area contributed by atoms with Crippen molar-refractivity contribution in [2.75, 3.05) is 13.7 Å². The number of fused-ring (bicyclic) bond motifs is 2. The van der Waals surface area contributed by atoms with Crippen LogP contribution in [0.3, 0.4) is 0 Å². The lowest BCUT2D eigenvalue weighted by Crippen LogP contribution is -2.50. The van der Waals surface area contributed by atoms with E-state index in [0.717, 1.165) is 31.4 Å². The van der Waals surface area contributed by atoms with Crippen molar-refractivity contribution in [1.29, 1.82) is 0 Å². The number of carbonyl (C=O) groups is 1. The van der Waals surface area contributed by atoms with Crippen molar-refractivity contribution in [1.82, 2.24) is 9.47 Å². The van der Waals surface area contributed by atoms with Crippen molar-refractivity contribution in [2.24, 2.45) is 5.73 Å². The third-order valence-corrected chi connectivity index (χ3v) is 4.59. The molecule has 5 heteroatoms. The molecule has 0 saturated carbocycles. The van der Waals surface area contributed by atoms with Gasteiger partial charge in [-0.1, -0.05) is 0 Å². The van der Waals surface area contributed by atoms with E-state index >= 15 is 0 Å². The predicted molar refractivity (Wildman–Crippen MR) is 76.5 cm³/mol. The first-order chi connectivity index (χ1) is 9.70. The number of ether oxygens (including phenoxy) is 1. The van der Waals surface area contributed by atoms with Gasteiger partial charge in [-0.15, -0.1) is 0 Å². The molecule has 1 aromatic rings. The first-order valence-electron chi connectivity index (χ1n) is 7.43. The van der Waals surface area contributed by atoms with Crippen LogP contribution in [0.1, 0.15) is 36.2 Å². The molecule has 2 aliphatic rings. The van der Waals surface area contributed by atoms with Crippen LogP contribution < -0.4 is 5.73 Å². The second kappa shape index (κ2) is 5.58. The Morgan fingerprint density at radius 2 is 2.10 bits per heavy atom. The van der Waals surface area contributed by atoms with Crippen LogP contribution in [0, 0.1) is 0 Å². The van der Waals surface area contributed by atoms with Crippen LogP contribution in [0.5, 0.6) is 0 Å². The first kappa shape index (κ1) is 13.6. The van der Waals surface area contributed by atoms with Gasteiger partial charge in [-0.3, -0.25) is 4.79 Å². The lowest BCUT2D eigenvalue weighted by atomic mass is 9.98. The Balaban J connectivity index is 1.78. The average molecular weight is 277 g/mol. The van der Waals surface area contributed by atoms with Crippen LogP contribution >= 0.6 is 0 Å². The molecule has 0 aliphatic carbocycles. The molecule has 110 valence electrons. The topological polar surface area (TPSA) is 60.5 Å². The number of hydrogen-bond donors (Lipinski definition) is 1. The zero-order chi connectivity index (χ0) is 14.1. The number of rotatable bonds is 4. The number of methoxy groups -OCH3 is 1. The third-order valence-electron chi connectivity index (χ3n) is 4.59. The van der Waals surface area contributed by atoms with Crippen molar-refractivity contribution in [3.05, 3.63) is 24.0 Å².